The Morgan fingerprint density at radius 3 is 2.57 bits per heavy atom. The second-order valence-corrected chi connectivity index (χ2v) is 11.3. The topological polar surface area (TPSA) is 109 Å². The first-order valence-corrected chi connectivity index (χ1v) is 12.8. The van der Waals surface area contributed by atoms with Gasteiger partial charge in [0.1, 0.15) is 11.9 Å². The number of ether oxygens (including phenoxy) is 2. The Morgan fingerprint density at radius 1 is 1.20 bits per heavy atom. The van der Waals surface area contributed by atoms with Crippen molar-refractivity contribution in [2.45, 2.75) is 96.7 Å². The largest absolute Gasteiger partial charge is 0.456 e. The Hall–Kier alpha value is -1.80. The second-order valence-electron chi connectivity index (χ2n) is 10.9. The van der Waals surface area contributed by atoms with Gasteiger partial charge in [0, 0.05) is 18.5 Å². The lowest BCUT2D eigenvalue weighted by Gasteiger charge is -2.34. The molecule has 35 heavy (non-hydrogen) atoms. The van der Waals surface area contributed by atoms with Gasteiger partial charge in [-0.15, -0.1) is 0 Å². The fourth-order valence-corrected chi connectivity index (χ4v) is 5.13. The van der Waals surface area contributed by atoms with Gasteiger partial charge in [-0.25, -0.2) is 0 Å². The SMILES string of the molecule is CC1C(=O)C(C)(C)C(O)CC(=O)O[C@H](C(Cl)=Cc2ccccn2)C[C@@H]2O[C@]2(C)CCC[C@H](C)[C@@H]1O. The highest BCUT2D eigenvalue weighted by atomic mass is 35.5. The van der Waals surface area contributed by atoms with Gasteiger partial charge in [-0.05, 0) is 43.9 Å². The number of esters is 1. The van der Waals surface area contributed by atoms with E-state index in [2.05, 4.69) is 4.98 Å². The van der Waals surface area contributed by atoms with E-state index in [-0.39, 0.29) is 29.8 Å². The second kappa shape index (κ2) is 11.1. The van der Waals surface area contributed by atoms with E-state index < -0.39 is 35.6 Å². The molecule has 0 aromatic carbocycles. The van der Waals surface area contributed by atoms with E-state index in [4.69, 9.17) is 21.1 Å². The van der Waals surface area contributed by atoms with Gasteiger partial charge >= 0.3 is 5.97 Å². The van der Waals surface area contributed by atoms with Crippen molar-refractivity contribution in [3.8, 4) is 0 Å². The third kappa shape index (κ3) is 6.70. The molecule has 7 atom stereocenters. The first kappa shape index (κ1) is 27.8. The van der Waals surface area contributed by atoms with Crippen molar-refractivity contribution in [2.24, 2.45) is 17.3 Å². The Kier molecular flexibility index (Phi) is 8.79. The number of cyclic esters (lactones) is 1. The maximum absolute atomic E-state index is 13.2. The average molecular weight is 508 g/mol. The number of rotatable bonds is 2. The molecule has 3 heterocycles. The van der Waals surface area contributed by atoms with Crippen molar-refractivity contribution in [3.05, 3.63) is 35.1 Å². The number of aliphatic hydroxyl groups excluding tert-OH is 2. The van der Waals surface area contributed by atoms with E-state index in [0.717, 1.165) is 19.3 Å². The van der Waals surface area contributed by atoms with Crippen LogP contribution in [-0.4, -0.2) is 57.0 Å². The molecular weight excluding hydrogens is 470 g/mol. The van der Waals surface area contributed by atoms with Gasteiger partial charge in [-0.2, -0.15) is 0 Å². The lowest BCUT2D eigenvalue weighted by atomic mass is 9.73. The lowest BCUT2D eigenvalue weighted by Crippen LogP contribution is -2.45. The van der Waals surface area contributed by atoms with Crippen LogP contribution in [0.15, 0.2) is 29.4 Å². The zero-order chi connectivity index (χ0) is 26.0. The zero-order valence-electron chi connectivity index (χ0n) is 21.2. The molecule has 0 aliphatic carbocycles. The predicted molar refractivity (Wildman–Crippen MR) is 133 cm³/mol. The molecule has 3 rings (SSSR count). The summed E-state index contributed by atoms with van der Waals surface area (Å²) in [6.45, 7) is 8.83. The number of fused-ring (bicyclic) bond motifs is 1. The number of hydrogen-bond donors (Lipinski definition) is 2. The van der Waals surface area contributed by atoms with Crippen LogP contribution in [0.1, 0.15) is 72.4 Å². The number of aliphatic hydroxyl groups is 2. The van der Waals surface area contributed by atoms with Crippen LogP contribution in [0.25, 0.3) is 6.08 Å². The molecule has 0 saturated carbocycles. The highest BCUT2D eigenvalue weighted by molar-refractivity contribution is 6.32. The van der Waals surface area contributed by atoms with Crippen LogP contribution in [0, 0.1) is 17.3 Å². The summed E-state index contributed by atoms with van der Waals surface area (Å²) in [5.74, 6) is -1.72. The first-order valence-electron chi connectivity index (χ1n) is 12.4. The van der Waals surface area contributed by atoms with Crippen molar-refractivity contribution < 1.29 is 29.3 Å². The maximum Gasteiger partial charge on any atom is 0.309 e. The zero-order valence-corrected chi connectivity index (χ0v) is 22.0. The molecule has 194 valence electrons. The quantitative estimate of drug-likeness (QED) is 0.454. The standard InChI is InChI=1S/C27H38ClNO6/c1-16-9-8-11-27(5)22(35-27)14-20(19(28)13-18-10-6-7-12-29-18)34-23(31)15-21(30)26(3,4)25(33)17(2)24(16)32/h6-7,10,12-13,16-17,20-22,24,30,32H,8-9,11,14-15H2,1-5H3/t16-,17?,20-,21?,22-,24-,27+/m0/s1. The number of carbonyl (C=O) groups excluding carboxylic acids is 2. The van der Waals surface area contributed by atoms with E-state index in [0.29, 0.717) is 17.1 Å². The van der Waals surface area contributed by atoms with Crippen molar-refractivity contribution in [2.75, 3.05) is 0 Å². The molecule has 2 aliphatic rings. The molecular formula is C27H38ClNO6. The summed E-state index contributed by atoms with van der Waals surface area (Å²) in [5.41, 5.74) is -0.969. The van der Waals surface area contributed by atoms with Crippen molar-refractivity contribution in [1.29, 1.82) is 0 Å². The molecule has 0 spiro atoms. The number of pyridine rings is 1. The highest BCUT2D eigenvalue weighted by Crippen LogP contribution is 2.45. The third-order valence-corrected chi connectivity index (χ3v) is 8.04. The molecule has 2 aliphatic heterocycles. The van der Waals surface area contributed by atoms with Gasteiger partial charge in [-0.3, -0.25) is 14.6 Å². The Morgan fingerprint density at radius 2 is 1.91 bits per heavy atom. The molecule has 8 heteroatoms. The molecule has 0 bridgehead atoms. The number of Topliss-reactive ketones (excluding diaryl/α,β-unsaturated/α-hetero) is 1. The van der Waals surface area contributed by atoms with Gasteiger partial charge in [0.25, 0.3) is 0 Å². The van der Waals surface area contributed by atoms with Crippen LogP contribution >= 0.6 is 11.6 Å². The van der Waals surface area contributed by atoms with E-state index in [1.165, 1.54) is 0 Å². The number of aromatic nitrogens is 1. The van der Waals surface area contributed by atoms with Crippen molar-refractivity contribution in [3.63, 3.8) is 0 Å². The lowest BCUT2D eigenvalue weighted by molar-refractivity contribution is -0.154. The summed E-state index contributed by atoms with van der Waals surface area (Å²) in [6, 6.07) is 5.43. The van der Waals surface area contributed by atoms with Crippen LogP contribution in [0.2, 0.25) is 0 Å². The van der Waals surface area contributed by atoms with Crippen LogP contribution in [0.3, 0.4) is 0 Å². The van der Waals surface area contributed by atoms with Gasteiger partial charge in [-0.1, -0.05) is 51.8 Å². The minimum Gasteiger partial charge on any atom is -0.456 e. The van der Waals surface area contributed by atoms with Crippen molar-refractivity contribution >= 4 is 29.4 Å². The summed E-state index contributed by atoms with van der Waals surface area (Å²) < 4.78 is 11.7. The minimum absolute atomic E-state index is 0.0935. The summed E-state index contributed by atoms with van der Waals surface area (Å²) in [6.07, 6.45) is 2.64. The van der Waals surface area contributed by atoms with Gasteiger partial charge in [0.15, 0.2) is 0 Å². The van der Waals surface area contributed by atoms with Crippen LogP contribution in [0.5, 0.6) is 0 Å². The first-order chi connectivity index (χ1) is 16.3. The Balaban J connectivity index is 1.86. The van der Waals surface area contributed by atoms with Gasteiger partial charge < -0.3 is 19.7 Å². The van der Waals surface area contributed by atoms with Crippen LogP contribution in [0.4, 0.5) is 0 Å². The molecule has 2 N–H and O–H groups in total. The third-order valence-electron chi connectivity index (χ3n) is 7.69. The molecule has 0 radical (unpaired) electrons. The number of halogens is 1. The molecule has 1 aromatic rings. The minimum atomic E-state index is -1.28. The summed E-state index contributed by atoms with van der Waals surface area (Å²) >= 11 is 6.60. The number of epoxide rings is 1. The monoisotopic (exact) mass is 507 g/mol. The summed E-state index contributed by atoms with van der Waals surface area (Å²) in [4.78, 5) is 30.3. The number of nitrogens with zero attached hydrogens (tertiary/aromatic N) is 1. The fraction of sp³-hybridized carbons (Fsp3) is 0.667. The maximum atomic E-state index is 13.2. The van der Waals surface area contributed by atoms with Gasteiger partial charge in [0.2, 0.25) is 0 Å². The summed E-state index contributed by atoms with van der Waals surface area (Å²) in [7, 11) is 0. The molecule has 2 unspecified atom stereocenters. The van der Waals surface area contributed by atoms with E-state index in [1.54, 1.807) is 45.2 Å². The molecule has 2 saturated heterocycles. The van der Waals surface area contributed by atoms with E-state index in [9.17, 15) is 19.8 Å². The predicted octanol–water partition coefficient (Wildman–Crippen LogP) is 4.28. The van der Waals surface area contributed by atoms with Gasteiger partial charge in [0.05, 0.1) is 46.5 Å². The molecule has 1 aromatic heterocycles. The smallest absolute Gasteiger partial charge is 0.309 e. The Labute approximate surface area is 212 Å². The van der Waals surface area contributed by atoms with Crippen molar-refractivity contribution in [1.82, 2.24) is 4.98 Å². The number of carbonyl (C=O) groups is 2. The summed E-state index contributed by atoms with van der Waals surface area (Å²) in [5, 5.41) is 21.9. The normalized spacial score (nSPS) is 37.3. The fourth-order valence-electron chi connectivity index (χ4n) is 4.88. The average Bonchev–Trinajstić information content (AvgIpc) is 3.45. The highest BCUT2D eigenvalue weighted by Gasteiger charge is 2.53. The molecule has 2 fully saturated rings. The van der Waals surface area contributed by atoms with E-state index >= 15 is 0 Å². The molecule has 0 amide bonds. The number of hydrogen-bond acceptors (Lipinski definition) is 7. The van der Waals surface area contributed by atoms with E-state index in [1.807, 2.05) is 19.9 Å². The van der Waals surface area contributed by atoms with Crippen LogP contribution < -0.4 is 0 Å². The Bertz CT molecular complexity index is 935. The van der Waals surface area contributed by atoms with Crippen LogP contribution in [-0.2, 0) is 19.1 Å². The number of ketones is 1. The molecule has 7 nitrogen and oxygen atoms in total.